The number of nitrogens with one attached hydrogen (secondary N) is 1. The van der Waals surface area contributed by atoms with Gasteiger partial charge in [-0.25, -0.2) is 0 Å². The SMILES string of the molecule is CCCC(CCN)CCC(=O)NC(CC)CC1CC1. The first-order chi connectivity index (χ1) is 9.19. The Morgan fingerprint density at radius 2 is 2.00 bits per heavy atom. The molecule has 0 bridgehead atoms. The molecule has 3 N–H and O–H groups in total. The van der Waals surface area contributed by atoms with Crippen LogP contribution in [0.3, 0.4) is 0 Å². The van der Waals surface area contributed by atoms with Crippen LogP contribution in [0.4, 0.5) is 0 Å². The highest BCUT2D eigenvalue weighted by atomic mass is 16.1. The van der Waals surface area contributed by atoms with Gasteiger partial charge in [0.05, 0.1) is 0 Å². The lowest BCUT2D eigenvalue weighted by Crippen LogP contribution is -2.34. The molecule has 0 spiro atoms. The van der Waals surface area contributed by atoms with Gasteiger partial charge in [-0.1, -0.05) is 39.5 Å². The van der Waals surface area contributed by atoms with Crippen LogP contribution >= 0.6 is 0 Å². The van der Waals surface area contributed by atoms with Gasteiger partial charge < -0.3 is 11.1 Å². The Morgan fingerprint density at radius 1 is 1.26 bits per heavy atom. The molecule has 0 aromatic rings. The topological polar surface area (TPSA) is 55.1 Å². The van der Waals surface area contributed by atoms with Crippen LogP contribution in [0.2, 0.25) is 0 Å². The minimum Gasteiger partial charge on any atom is -0.353 e. The van der Waals surface area contributed by atoms with Crippen LogP contribution < -0.4 is 11.1 Å². The van der Waals surface area contributed by atoms with Crippen molar-refractivity contribution in [1.29, 1.82) is 0 Å². The summed E-state index contributed by atoms with van der Waals surface area (Å²) in [5, 5.41) is 3.21. The van der Waals surface area contributed by atoms with Crippen LogP contribution in [0.5, 0.6) is 0 Å². The van der Waals surface area contributed by atoms with E-state index in [1.165, 1.54) is 32.1 Å². The quantitative estimate of drug-likeness (QED) is 0.604. The summed E-state index contributed by atoms with van der Waals surface area (Å²) < 4.78 is 0. The Morgan fingerprint density at radius 3 is 2.53 bits per heavy atom. The Bertz CT molecular complexity index is 245. The summed E-state index contributed by atoms with van der Waals surface area (Å²) >= 11 is 0. The van der Waals surface area contributed by atoms with E-state index in [0.29, 0.717) is 18.4 Å². The second kappa shape index (κ2) is 9.35. The maximum Gasteiger partial charge on any atom is 0.220 e. The molecule has 0 aromatic carbocycles. The van der Waals surface area contributed by atoms with Crippen molar-refractivity contribution < 1.29 is 4.79 Å². The highest BCUT2D eigenvalue weighted by molar-refractivity contribution is 5.76. The number of carbonyl (C=O) groups excluding carboxylic acids is 1. The molecule has 1 fully saturated rings. The van der Waals surface area contributed by atoms with E-state index in [9.17, 15) is 4.79 Å². The van der Waals surface area contributed by atoms with Crippen molar-refractivity contribution in [3.63, 3.8) is 0 Å². The first kappa shape index (κ1) is 16.5. The average Bonchev–Trinajstić information content (AvgIpc) is 3.19. The fraction of sp³-hybridized carbons (Fsp3) is 0.938. The summed E-state index contributed by atoms with van der Waals surface area (Å²) in [6.07, 6.45) is 10.1. The predicted molar refractivity (Wildman–Crippen MR) is 80.9 cm³/mol. The van der Waals surface area contributed by atoms with Crippen LogP contribution in [0.1, 0.15) is 71.6 Å². The zero-order chi connectivity index (χ0) is 14.1. The first-order valence-corrected chi connectivity index (χ1v) is 8.18. The Hall–Kier alpha value is -0.570. The van der Waals surface area contributed by atoms with Crippen molar-refractivity contribution in [2.75, 3.05) is 6.54 Å². The van der Waals surface area contributed by atoms with Crippen molar-refractivity contribution >= 4 is 5.91 Å². The third-order valence-corrected chi connectivity index (χ3v) is 4.22. The summed E-state index contributed by atoms with van der Waals surface area (Å²) in [5.41, 5.74) is 5.63. The third-order valence-electron chi connectivity index (χ3n) is 4.22. The van der Waals surface area contributed by atoms with E-state index in [2.05, 4.69) is 19.2 Å². The van der Waals surface area contributed by atoms with Gasteiger partial charge in [-0.3, -0.25) is 4.79 Å². The second-order valence-electron chi connectivity index (χ2n) is 6.12. The molecule has 1 aliphatic rings. The Balaban J connectivity index is 2.20. The number of hydrogen-bond donors (Lipinski definition) is 2. The van der Waals surface area contributed by atoms with E-state index in [4.69, 9.17) is 5.73 Å². The van der Waals surface area contributed by atoms with Crippen molar-refractivity contribution in [2.24, 2.45) is 17.6 Å². The smallest absolute Gasteiger partial charge is 0.220 e. The monoisotopic (exact) mass is 268 g/mol. The average molecular weight is 268 g/mol. The fourth-order valence-corrected chi connectivity index (χ4v) is 2.80. The molecule has 0 saturated heterocycles. The molecule has 0 aliphatic heterocycles. The molecular formula is C16H32N2O. The Labute approximate surface area is 118 Å². The number of nitrogens with two attached hydrogens (primary N) is 1. The zero-order valence-electron chi connectivity index (χ0n) is 12.8. The molecule has 2 unspecified atom stereocenters. The number of carbonyl (C=O) groups is 1. The lowest BCUT2D eigenvalue weighted by atomic mass is 9.94. The van der Waals surface area contributed by atoms with Gasteiger partial charge in [0.25, 0.3) is 0 Å². The molecule has 1 rings (SSSR count). The normalized spacial score (nSPS) is 18.1. The second-order valence-corrected chi connectivity index (χ2v) is 6.12. The van der Waals surface area contributed by atoms with Gasteiger partial charge >= 0.3 is 0 Å². The molecule has 0 aromatic heterocycles. The molecule has 0 heterocycles. The molecule has 3 heteroatoms. The largest absolute Gasteiger partial charge is 0.353 e. The van der Waals surface area contributed by atoms with Crippen molar-refractivity contribution in [1.82, 2.24) is 5.32 Å². The molecule has 112 valence electrons. The highest BCUT2D eigenvalue weighted by Crippen LogP contribution is 2.34. The first-order valence-electron chi connectivity index (χ1n) is 8.18. The van der Waals surface area contributed by atoms with Gasteiger partial charge in [-0.2, -0.15) is 0 Å². The van der Waals surface area contributed by atoms with Gasteiger partial charge in [0, 0.05) is 12.5 Å². The highest BCUT2D eigenvalue weighted by Gasteiger charge is 2.25. The van der Waals surface area contributed by atoms with E-state index < -0.39 is 0 Å². The maximum absolute atomic E-state index is 12.0. The van der Waals surface area contributed by atoms with Gasteiger partial charge in [-0.15, -0.1) is 0 Å². The van der Waals surface area contributed by atoms with Gasteiger partial charge in [0.15, 0.2) is 0 Å². The lowest BCUT2D eigenvalue weighted by Gasteiger charge is -2.18. The Kier molecular flexibility index (Phi) is 8.11. The summed E-state index contributed by atoms with van der Waals surface area (Å²) in [7, 11) is 0. The maximum atomic E-state index is 12.0. The summed E-state index contributed by atoms with van der Waals surface area (Å²) in [6.45, 7) is 5.11. The third kappa shape index (κ3) is 7.56. The molecule has 1 saturated carbocycles. The zero-order valence-corrected chi connectivity index (χ0v) is 12.8. The van der Waals surface area contributed by atoms with Crippen LogP contribution in [0.25, 0.3) is 0 Å². The van der Waals surface area contributed by atoms with E-state index in [1.54, 1.807) is 0 Å². The van der Waals surface area contributed by atoms with Crippen LogP contribution in [-0.4, -0.2) is 18.5 Å². The van der Waals surface area contributed by atoms with Gasteiger partial charge in [0.2, 0.25) is 5.91 Å². The van der Waals surface area contributed by atoms with Crippen LogP contribution in [0.15, 0.2) is 0 Å². The minimum atomic E-state index is 0.241. The molecule has 1 aliphatic carbocycles. The summed E-state index contributed by atoms with van der Waals surface area (Å²) in [6, 6.07) is 0.402. The molecular weight excluding hydrogens is 236 g/mol. The van der Waals surface area contributed by atoms with E-state index >= 15 is 0 Å². The summed E-state index contributed by atoms with van der Waals surface area (Å²) in [5.74, 6) is 1.75. The minimum absolute atomic E-state index is 0.241. The fourth-order valence-electron chi connectivity index (χ4n) is 2.80. The lowest BCUT2D eigenvalue weighted by molar-refractivity contribution is -0.122. The van der Waals surface area contributed by atoms with Gasteiger partial charge in [-0.05, 0) is 44.1 Å². The molecule has 2 atom stereocenters. The molecule has 3 nitrogen and oxygen atoms in total. The number of hydrogen-bond acceptors (Lipinski definition) is 2. The van der Waals surface area contributed by atoms with Crippen molar-refractivity contribution in [2.45, 2.75) is 77.7 Å². The molecule has 1 amide bonds. The predicted octanol–water partition coefficient (Wildman–Crippen LogP) is 3.23. The van der Waals surface area contributed by atoms with Crippen LogP contribution in [-0.2, 0) is 4.79 Å². The van der Waals surface area contributed by atoms with Crippen molar-refractivity contribution in [3.8, 4) is 0 Å². The number of rotatable bonds is 11. The van der Waals surface area contributed by atoms with Gasteiger partial charge in [0.1, 0.15) is 0 Å². The summed E-state index contributed by atoms with van der Waals surface area (Å²) in [4.78, 5) is 12.0. The van der Waals surface area contributed by atoms with E-state index in [-0.39, 0.29) is 5.91 Å². The molecule has 19 heavy (non-hydrogen) atoms. The van der Waals surface area contributed by atoms with Crippen LogP contribution in [0, 0.1) is 11.8 Å². The standard InChI is InChI=1S/C16H32N2O/c1-3-5-13(10-11-17)8-9-16(19)18-15(4-2)12-14-6-7-14/h13-15H,3-12,17H2,1-2H3,(H,18,19). The molecule has 0 radical (unpaired) electrons. The van der Waals surface area contributed by atoms with Crippen molar-refractivity contribution in [3.05, 3.63) is 0 Å². The van der Waals surface area contributed by atoms with E-state index in [1.807, 2.05) is 0 Å². The number of amides is 1. The van der Waals surface area contributed by atoms with E-state index in [0.717, 1.165) is 31.7 Å².